The third-order valence-corrected chi connectivity index (χ3v) is 6.42. The van der Waals surface area contributed by atoms with E-state index in [1.165, 1.54) is 19.1 Å². The summed E-state index contributed by atoms with van der Waals surface area (Å²) in [5.74, 6) is 0.835. The Hall–Kier alpha value is -4.66. The first-order valence-electron chi connectivity index (χ1n) is 11.5. The minimum Gasteiger partial charge on any atom is -0.507 e. The van der Waals surface area contributed by atoms with Gasteiger partial charge in [-0.15, -0.1) is 0 Å². The molecule has 3 aromatic rings. The van der Waals surface area contributed by atoms with E-state index in [9.17, 15) is 14.7 Å². The number of hydrogen-bond acceptors (Lipinski definition) is 8. The second-order valence-corrected chi connectivity index (χ2v) is 8.46. The molecule has 3 aromatic carbocycles. The van der Waals surface area contributed by atoms with Gasteiger partial charge in [-0.3, -0.25) is 9.59 Å². The highest BCUT2D eigenvalue weighted by atomic mass is 16.7. The van der Waals surface area contributed by atoms with Crippen molar-refractivity contribution >= 4 is 17.4 Å². The maximum absolute atomic E-state index is 13.4. The van der Waals surface area contributed by atoms with Crippen LogP contribution in [0.25, 0.3) is 5.76 Å². The van der Waals surface area contributed by atoms with Gasteiger partial charge in [0.05, 0.1) is 32.9 Å². The number of benzene rings is 3. The second kappa shape index (κ2) is 9.77. The fourth-order valence-electron chi connectivity index (χ4n) is 4.55. The van der Waals surface area contributed by atoms with E-state index in [0.29, 0.717) is 39.9 Å². The molecule has 9 heteroatoms. The normalized spacial score (nSPS) is 17.7. The molecule has 37 heavy (non-hydrogen) atoms. The lowest BCUT2D eigenvalue weighted by Crippen LogP contribution is -2.29. The lowest BCUT2D eigenvalue weighted by Gasteiger charge is -2.25. The lowest BCUT2D eigenvalue weighted by atomic mass is 9.95. The van der Waals surface area contributed by atoms with Crippen molar-refractivity contribution in [3.63, 3.8) is 0 Å². The zero-order valence-electron chi connectivity index (χ0n) is 20.5. The van der Waals surface area contributed by atoms with Gasteiger partial charge in [0.2, 0.25) is 6.79 Å². The summed E-state index contributed by atoms with van der Waals surface area (Å²) in [7, 11) is 4.53. The van der Waals surface area contributed by atoms with E-state index in [-0.39, 0.29) is 24.7 Å². The topological polar surface area (TPSA) is 104 Å². The molecule has 190 valence electrons. The van der Waals surface area contributed by atoms with Gasteiger partial charge >= 0.3 is 0 Å². The molecule has 1 unspecified atom stereocenters. The van der Waals surface area contributed by atoms with E-state index in [1.807, 2.05) is 6.07 Å². The highest BCUT2D eigenvalue weighted by Crippen LogP contribution is 2.42. The molecule has 1 atom stereocenters. The number of aliphatic hydroxyl groups excluding tert-OH is 1. The van der Waals surface area contributed by atoms with Gasteiger partial charge in [0, 0.05) is 12.1 Å². The van der Waals surface area contributed by atoms with Crippen LogP contribution < -0.4 is 23.7 Å². The Morgan fingerprint density at radius 2 is 1.62 bits per heavy atom. The lowest BCUT2D eigenvalue weighted by molar-refractivity contribution is -0.140. The van der Waals surface area contributed by atoms with Gasteiger partial charge in [0.25, 0.3) is 11.7 Å². The van der Waals surface area contributed by atoms with Crippen molar-refractivity contribution in [3.05, 3.63) is 82.9 Å². The molecule has 1 N–H and O–H groups in total. The first-order valence-corrected chi connectivity index (χ1v) is 11.5. The molecule has 0 aliphatic carbocycles. The van der Waals surface area contributed by atoms with Crippen LogP contribution in [0, 0.1) is 0 Å². The molecular formula is C28H25NO8. The molecule has 2 heterocycles. The molecule has 0 saturated carbocycles. The monoisotopic (exact) mass is 503 g/mol. The number of ether oxygens (including phenoxy) is 5. The predicted molar refractivity (Wildman–Crippen MR) is 133 cm³/mol. The van der Waals surface area contributed by atoms with Gasteiger partial charge in [0.1, 0.15) is 11.5 Å². The van der Waals surface area contributed by atoms with E-state index in [1.54, 1.807) is 61.7 Å². The molecule has 0 bridgehead atoms. The van der Waals surface area contributed by atoms with Crippen LogP contribution >= 0.6 is 0 Å². The number of nitrogens with zero attached hydrogens (tertiary/aromatic N) is 1. The smallest absolute Gasteiger partial charge is 0.295 e. The minimum absolute atomic E-state index is 0.0249. The van der Waals surface area contributed by atoms with Crippen LogP contribution in [0.5, 0.6) is 28.7 Å². The van der Waals surface area contributed by atoms with Crippen LogP contribution in [0.3, 0.4) is 0 Å². The van der Waals surface area contributed by atoms with Crippen molar-refractivity contribution in [2.75, 3.05) is 28.1 Å². The van der Waals surface area contributed by atoms with Gasteiger partial charge in [-0.25, -0.2) is 0 Å². The molecule has 2 aliphatic rings. The predicted octanol–water partition coefficient (Wildman–Crippen LogP) is 4.06. The summed E-state index contributed by atoms with van der Waals surface area (Å²) >= 11 is 0. The molecule has 1 saturated heterocycles. The van der Waals surface area contributed by atoms with Crippen molar-refractivity contribution in [2.24, 2.45) is 0 Å². The Balaban J connectivity index is 1.61. The first-order chi connectivity index (χ1) is 17.9. The highest BCUT2D eigenvalue weighted by Gasteiger charge is 2.46. The van der Waals surface area contributed by atoms with Crippen molar-refractivity contribution in [2.45, 2.75) is 12.6 Å². The summed E-state index contributed by atoms with van der Waals surface area (Å²) in [6, 6.07) is 16.3. The zero-order chi connectivity index (χ0) is 26.1. The van der Waals surface area contributed by atoms with Gasteiger partial charge < -0.3 is 33.7 Å². The molecule has 2 aliphatic heterocycles. The van der Waals surface area contributed by atoms with E-state index < -0.39 is 17.7 Å². The number of carbonyl (C=O) groups is 2. The second-order valence-electron chi connectivity index (χ2n) is 8.46. The van der Waals surface area contributed by atoms with E-state index in [2.05, 4.69) is 0 Å². The van der Waals surface area contributed by atoms with Crippen LogP contribution in [0.1, 0.15) is 22.7 Å². The third-order valence-electron chi connectivity index (χ3n) is 6.42. The maximum atomic E-state index is 13.4. The summed E-state index contributed by atoms with van der Waals surface area (Å²) in [6.45, 7) is 0.237. The number of methoxy groups -OCH3 is 3. The molecule has 1 fully saturated rings. The maximum Gasteiger partial charge on any atom is 0.295 e. The fourth-order valence-corrected chi connectivity index (χ4v) is 4.55. The van der Waals surface area contributed by atoms with Crippen LogP contribution in [0.4, 0.5) is 0 Å². The average Bonchev–Trinajstić information content (AvgIpc) is 3.50. The van der Waals surface area contributed by atoms with Crippen LogP contribution in [0.2, 0.25) is 0 Å². The number of aliphatic hydroxyl groups is 1. The van der Waals surface area contributed by atoms with Crippen LogP contribution in [-0.4, -0.2) is 49.8 Å². The Bertz CT molecular complexity index is 1400. The fraction of sp³-hybridized carbons (Fsp3) is 0.214. The summed E-state index contributed by atoms with van der Waals surface area (Å²) < 4.78 is 26.8. The molecule has 5 rings (SSSR count). The Morgan fingerprint density at radius 1 is 0.892 bits per heavy atom. The standard InChI is InChI=1S/C28H25NO8/c1-33-19-8-5-17(6-9-19)25-24(26(30)18-7-11-20(34-2)22(13-18)35-3)27(31)28(32)29(25)14-16-4-10-21-23(12-16)37-15-36-21/h4-13,25,30H,14-15H2,1-3H3/b26-24+. The largest absolute Gasteiger partial charge is 0.507 e. The number of amides is 1. The van der Waals surface area contributed by atoms with Crippen LogP contribution in [0.15, 0.2) is 66.2 Å². The SMILES string of the molecule is COc1ccc(C2/C(=C(\O)c3ccc(OC)c(OC)c3)C(=O)C(=O)N2Cc2ccc3c(c2)OCO3)cc1. The molecule has 1 amide bonds. The number of rotatable bonds is 7. The molecule has 0 radical (unpaired) electrons. The van der Waals surface area contributed by atoms with E-state index in [4.69, 9.17) is 23.7 Å². The van der Waals surface area contributed by atoms with Gasteiger partial charge in [-0.2, -0.15) is 0 Å². The quantitative estimate of drug-likeness (QED) is 0.293. The Kier molecular flexibility index (Phi) is 6.35. The van der Waals surface area contributed by atoms with E-state index in [0.717, 1.165) is 5.56 Å². The summed E-state index contributed by atoms with van der Waals surface area (Å²) in [4.78, 5) is 28.1. The summed E-state index contributed by atoms with van der Waals surface area (Å²) in [5.41, 5.74) is 1.68. The number of likely N-dealkylation sites (tertiary alicyclic amines) is 1. The number of hydrogen-bond donors (Lipinski definition) is 1. The molecular weight excluding hydrogens is 478 g/mol. The molecule has 0 aromatic heterocycles. The number of ketones is 1. The number of carbonyl (C=O) groups excluding carboxylic acids is 2. The molecule has 9 nitrogen and oxygen atoms in total. The van der Waals surface area contributed by atoms with Gasteiger partial charge in [-0.05, 0) is 53.6 Å². The van der Waals surface area contributed by atoms with Crippen LogP contribution in [-0.2, 0) is 16.1 Å². The van der Waals surface area contributed by atoms with Crippen molar-refractivity contribution in [1.29, 1.82) is 0 Å². The average molecular weight is 504 g/mol. The number of Topliss-reactive ketones (excluding diaryl/α,β-unsaturated/α-hetero) is 1. The van der Waals surface area contributed by atoms with Gasteiger partial charge in [-0.1, -0.05) is 18.2 Å². The number of fused-ring (bicyclic) bond motifs is 1. The summed E-state index contributed by atoms with van der Waals surface area (Å²) in [5, 5.41) is 11.4. The Morgan fingerprint density at radius 3 is 2.32 bits per heavy atom. The van der Waals surface area contributed by atoms with Crippen molar-refractivity contribution in [1.82, 2.24) is 4.90 Å². The zero-order valence-corrected chi connectivity index (χ0v) is 20.5. The molecule has 0 spiro atoms. The summed E-state index contributed by atoms with van der Waals surface area (Å²) in [6.07, 6.45) is 0. The van der Waals surface area contributed by atoms with Crippen molar-refractivity contribution < 1.29 is 38.4 Å². The van der Waals surface area contributed by atoms with E-state index >= 15 is 0 Å². The van der Waals surface area contributed by atoms with Crippen molar-refractivity contribution in [3.8, 4) is 28.7 Å². The first kappa shape index (κ1) is 24.1. The van der Waals surface area contributed by atoms with Gasteiger partial charge in [0.15, 0.2) is 23.0 Å². The Labute approximate surface area is 213 Å². The minimum atomic E-state index is -0.843. The highest BCUT2D eigenvalue weighted by molar-refractivity contribution is 6.46. The third kappa shape index (κ3) is 4.29.